The molecule has 2 aromatic heterocycles. The molecule has 180 valence electrons. The number of ether oxygens (including phenoxy) is 2. The lowest BCUT2D eigenvalue weighted by Crippen LogP contribution is -2.33. The maximum absolute atomic E-state index is 14.2. The minimum absolute atomic E-state index is 0.192. The van der Waals surface area contributed by atoms with Crippen LogP contribution in [0, 0.1) is 5.82 Å². The average molecular weight is 486 g/mol. The second-order valence-corrected chi connectivity index (χ2v) is 8.99. The summed E-state index contributed by atoms with van der Waals surface area (Å²) in [5.41, 5.74) is 1.14. The van der Waals surface area contributed by atoms with E-state index < -0.39 is 0 Å². The molecule has 0 radical (unpaired) electrons. The SMILES string of the molecule is CNCCC(Oc1cc(F)ccc1CN1CCN(C)c2nc(OC)ncc2C1=O)c1cccs1. The predicted molar refractivity (Wildman–Crippen MR) is 129 cm³/mol. The van der Waals surface area contributed by atoms with Gasteiger partial charge in [0.25, 0.3) is 5.91 Å². The molecule has 10 heteroatoms. The molecular formula is C24H28FN5O3S. The van der Waals surface area contributed by atoms with Crippen LogP contribution in [0.2, 0.25) is 0 Å². The molecule has 0 fully saturated rings. The first-order chi connectivity index (χ1) is 16.5. The van der Waals surface area contributed by atoms with Crippen LogP contribution in [0.4, 0.5) is 10.2 Å². The summed E-state index contributed by atoms with van der Waals surface area (Å²) >= 11 is 1.60. The van der Waals surface area contributed by atoms with Gasteiger partial charge < -0.3 is 24.6 Å². The van der Waals surface area contributed by atoms with Crippen LogP contribution in [0.1, 0.15) is 33.3 Å². The van der Waals surface area contributed by atoms with Crippen LogP contribution in [0.5, 0.6) is 11.8 Å². The van der Waals surface area contributed by atoms with Gasteiger partial charge in [0.2, 0.25) is 0 Å². The number of hydrogen-bond donors (Lipinski definition) is 1. The minimum Gasteiger partial charge on any atom is -0.484 e. The largest absolute Gasteiger partial charge is 0.484 e. The highest BCUT2D eigenvalue weighted by Gasteiger charge is 2.28. The Hall–Kier alpha value is -3.24. The third-order valence-electron chi connectivity index (χ3n) is 5.69. The van der Waals surface area contributed by atoms with E-state index in [9.17, 15) is 9.18 Å². The maximum atomic E-state index is 14.2. The molecule has 1 unspecified atom stereocenters. The summed E-state index contributed by atoms with van der Waals surface area (Å²) in [5, 5.41) is 5.14. The summed E-state index contributed by atoms with van der Waals surface area (Å²) < 4.78 is 25.7. The number of carbonyl (C=O) groups is 1. The molecule has 1 aromatic carbocycles. The fraction of sp³-hybridized carbons (Fsp3) is 0.375. The van der Waals surface area contributed by atoms with Crippen LogP contribution < -0.4 is 19.7 Å². The van der Waals surface area contributed by atoms with Gasteiger partial charge in [0.05, 0.1) is 7.11 Å². The van der Waals surface area contributed by atoms with Gasteiger partial charge >= 0.3 is 6.01 Å². The van der Waals surface area contributed by atoms with Gasteiger partial charge in [-0.25, -0.2) is 9.37 Å². The molecule has 0 aliphatic carbocycles. The van der Waals surface area contributed by atoms with Crippen LogP contribution >= 0.6 is 11.3 Å². The summed E-state index contributed by atoms with van der Waals surface area (Å²) in [6, 6.07) is 8.67. The van der Waals surface area contributed by atoms with Crippen molar-refractivity contribution in [3.8, 4) is 11.8 Å². The van der Waals surface area contributed by atoms with Crippen LogP contribution in [-0.2, 0) is 6.54 Å². The first kappa shape index (κ1) is 23.9. The molecule has 3 heterocycles. The molecular weight excluding hydrogens is 457 g/mol. The van der Waals surface area contributed by atoms with E-state index in [1.807, 2.05) is 36.5 Å². The summed E-state index contributed by atoms with van der Waals surface area (Å²) in [6.45, 7) is 2.08. The van der Waals surface area contributed by atoms with E-state index in [-0.39, 0.29) is 30.4 Å². The van der Waals surface area contributed by atoms with Gasteiger partial charge in [-0.05, 0) is 31.1 Å². The van der Waals surface area contributed by atoms with Crippen LogP contribution in [0.15, 0.2) is 41.9 Å². The Morgan fingerprint density at radius 2 is 2.15 bits per heavy atom. The van der Waals surface area contributed by atoms with Crippen molar-refractivity contribution in [1.29, 1.82) is 0 Å². The number of likely N-dealkylation sites (N-methyl/N-ethyl adjacent to an activating group) is 1. The molecule has 0 bridgehead atoms. The van der Waals surface area contributed by atoms with Gasteiger partial charge in [0, 0.05) is 55.8 Å². The number of aromatic nitrogens is 2. The van der Waals surface area contributed by atoms with Gasteiger partial charge in [-0.1, -0.05) is 12.1 Å². The molecule has 1 aliphatic rings. The van der Waals surface area contributed by atoms with Gasteiger partial charge in [0.15, 0.2) is 0 Å². The second kappa shape index (κ2) is 10.8. The second-order valence-electron chi connectivity index (χ2n) is 8.01. The zero-order valence-electron chi connectivity index (χ0n) is 19.5. The van der Waals surface area contributed by atoms with E-state index in [1.54, 1.807) is 22.3 Å². The Morgan fingerprint density at radius 3 is 2.88 bits per heavy atom. The molecule has 1 N–H and O–H groups in total. The van der Waals surface area contributed by atoms with Crippen molar-refractivity contribution >= 4 is 23.1 Å². The lowest BCUT2D eigenvalue weighted by molar-refractivity contribution is 0.0751. The normalized spacial score (nSPS) is 14.5. The summed E-state index contributed by atoms with van der Waals surface area (Å²) in [7, 11) is 5.25. The van der Waals surface area contributed by atoms with Gasteiger partial charge in [-0.3, -0.25) is 4.79 Å². The van der Waals surface area contributed by atoms with E-state index in [0.717, 1.165) is 23.4 Å². The van der Waals surface area contributed by atoms with Crippen molar-refractivity contribution in [2.24, 2.45) is 0 Å². The van der Waals surface area contributed by atoms with Crippen molar-refractivity contribution < 1.29 is 18.7 Å². The first-order valence-corrected chi connectivity index (χ1v) is 11.9. The number of nitrogens with zero attached hydrogens (tertiary/aromatic N) is 4. The van der Waals surface area contributed by atoms with Crippen molar-refractivity contribution in [1.82, 2.24) is 20.2 Å². The Kier molecular flexibility index (Phi) is 7.59. The number of rotatable bonds is 9. The number of halogens is 1. The fourth-order valence-corrected chi connectivity index (χ4v) is 4.62. The molecule has 4 rings (SSSR count). The first-order valence-electron chi connectivity index (χ1n) is 11.0. The van der Waals surface area contributed by atoms with E-state index in [4.69, 9.17) is 9.47 Å². The van der Waals surface area contributed by atoms with Crippen LogP contribution in [0.25, 0.3) is 0 Å². The van der Waals surface area contributed by atoms with Gasteiger partial charge in [-0.15, -0.1) is 11.3 Å². The quantitative estimate of drug-likeness (QED) is 0.497. The Bertz CT molecular complexity index is 1130. The zero-order valence-corrected chi connectivity index (χ0v) is 20.3. The van der Waals surface area contributed by atoms with Gasteiger partial charge in [0.1, 0.15) is 29.1 Å². The summed E-state index contributed by atoms with van der Waals surface area (Å²) in [5.74, 6) is 0.387. The number of methoxy groups -OCH3 is 1. The number of nitrogens with one attached hydrogen (secondary N) is 1. The third kappa shape index (κ3) is 5.28. The molecule has 0 saturated heterocycles. The number of benzene rings is 1. The zero-order chi connectivity index (χ0) is 24.1. The number of anilines is 1. The lowest BCUT2D eigenvalue weighted by Gasteiger charge is -2.24. The molecule has 1 amide bonds. The molecule has 0 spiro atoms. The Morgan fingerprint density at radius 1 is 1.29 bits per heavy atom. The molecule has 0 saturated carbocycles. The Balaban J connectivity index is 1.61. The number of hydrogen-bond acceptors (Lipinski definition) is 8. The van der Waals surface area contributed by atoms with E-state index >= 15 is 0 Å². The predicted octanol–water partition coefficient (Wildman–Crippen LogP) is 3.51. The topological polar surface area (TPSA) is 79.8 Å². The highest BCUT2D eigenvalue weighted by atomic mass is 32.1. The molecule has 1 aliphatic heterocycles. The Labute approximate surface area is 202 Å². The minimum atomic E-state index is -0.384. The third-order valence-corrected chi connectivity index (χ3v) is 6.65. The monoisotopic (exact) mass is 485 g/mol. The number of amides is 1. The number of thiophene rings is 1. The van der Waals surface area contributed by atoms with Crippen molar-refractivity contribution in [2.45, 2.75) is 19.1 Å². The lowest BCUT2D eigenvalue weighted by atomic mass is 10.1. The fourth-order valence-electron chi connectivity index (χ4n) is 3.83. The number of fused-ring (bicyclic) bond motifs is 1. The van der Waals surface area contributed by atoms with E-state index in [2.05, 4.69) is 15.3 Å². The summed E-state index contributed by atoms with van der Waals surface area (Å²) in [6.07, 6.45) is 2.00. The molecule has 8 nitrogen and oxygen atoms in total. The van der Waals surface area contributed by atoms with Crippen LogP contribution in [-0.4, -0.2) is 61.6 Å². The molecule has 3 aromatic rings. The standard InChI is InChI=1S/C24H28FN5O3S/c1-26-9-8-19(21-5-4-12-34-21)33-20-13-17(25)7-6-16(20)15-30-11-10-29(2)22-18(23(30)31)14-27-24(28-22)32-3/h4-7,12-14,19,26H,8-11,15H2,1-3H3. The highest BCUT2D eigenvalue weighted by Crippen LogP contribution is 2.32. The number of carbonyl (C=O) groups excluding carboxylic acids is 1. The van der Waals surface area contributed by atoms with Gasteiger partial charge in [-0.2, -0.15) is 4.98 Å². The highest BCUT2D eigenvalue weighted by molar-refractivity contribution is 7.10. The average Bonchev–Trinajstić information content (AvgIpc) is 3.36. The maximum Gasteiger partial charge on any atom is 0.318 e. The van der Waals surface area contributed by atoms with Crippen molar-refractivity contribution in [2.75, 3.05) is 45.7 Å². The van der Waals surface area contributed by atoms with E-state index in [1.165, 1.54) is 25.4 Å². The van der Waals surface area contributed by atoms with Crippen LogP contribution in [0.3, 0.4) is 0 Å². The van der Waals surface area contributed by atoms with Crippen molar-refractivity contribution in [3.63, 3.8) is 0 Å². The molecule has 1 atom stereocenters. The smallest absolute Gasteiger partial charge is 0.318 e. The van der Waals surface area contributed by atoms with E-state index in [0.29, 0.717) is 30.2 Å². The summed E-state index contributed by atoms with van der Waals surface area (Å²) in [4.78, 5) is 26.5. The van der Waals surface area contributed by atoms with Crippen molar-refractivity contribution in [3.05, 3.63) is 63.7 Å². The molecule has 34 heavy (non-hydrogen) atoms.